The standard InChI is InChI=1S/C18H21F3N6O4/c1-3-4-8-26-12-13(23-16(26)25-7-5-6-11(22)9-25)24-17(30-2)27(14(12)28)10-31-15(29)18(19,20)21/h11H,5-10,22H2,1-2H3. The number of carbonyl (C=O) groups excluding carboxylic acids is 1. The Hall–Kier alpha value is -3.27. The van der Waals surface area contributed by atoms with E-state index in [-0.39, 0.29) is 29.8 Å². The van der Waals surface area contributed by atoms with E-state index in [0.717, 1.165) is 12.8 Å². The van der Waals surface area contributed by atoms with Crippen molar-refractivity contribution in [3.8, 4) is 17.9 Å². The molecule has 0 spiro atoms. The number of alkyl halides is 3. The van der Waals surface area contributed by atoms with Crippen molar-refractivity contribution in [3.63, 3.8) is 0 Å². The number of rotatable bonds is 5. The maximum absolute atomic E-state index is 13.1. The van der Waals surface area contributed by atoms with Crippen molar-refractivity contribution in [2.45, 2.75) is 45.3 Å². The summed E-state index contributed by atoms with van der Waals surface area (Å²) in [4.78, 5) is 34.7. The molecular formula is C18H21F3N6O4. The summed E-state index contributed by atoms with van der Waals surface area (Å²) in [5.41, 5.74) is 5.31. The second kappa shape index (κ2) is 8.84. The number of ether oxygens (including phenoxy) is 2. The van der Waals surface area contributed by atoms with E-state index in [4.69, 9.17) is 10.5 Å². The van der Waals surface area contributed by atoms with E-state index in [1.807, 2.05) is 4.90 Å². The average Bonchev–Trinajstić information content (AvgIpc) is 3.09. The highest BCUT2D eigenvalue weighted by molar-refractivity contribution is 5.76. The summed E-state index contributed by atoms with van der Waals surface area (Å²) in [7, 11) is 1.18. The molecule has 0 saturated carbocycles. The number of anilines is 1. The Morgan fingerprint density at radius 1 is 1.32 bits per heavy atom. The molecule has 0 aromatic carbocycles. The number of halogens is 3. The van der Waals surface area contributed by atoms with Crippen LogP contribution in [0.4, 0.5) is 19.1 Å². The number of aromatic nitrogens is 4. The maximum Gasteiger partial charge on any atom is 0.490 e. The van der Waals surface area contributed by atoms with Gasteiger partial charge in [0, 0.05) is 19.1 Å². The van der Waals surface area contributed by atoms with E-state index in [1.54, 1.807) is 6.92 Å². The first-order chi connectivity index (χ1) is 14.7. The lowest BCUT2D eigenvalue weighted by atomic mass is 10.1. The van der Waals surface area contributed by atoms with Crippen LogP contribution in [0.3, 0.4) is 0 Å². The van der Waals surface area contributed by atoms with Gasteiger partial charge in [0.2, 0.25) is 5.95 Å². The van der Waals surface area contributed by atoms with Crippen LogP contribution in [0.15, 0.2) is 4.79 Å². The molecule has 2 N–H and O–H groups in total. The Balaban J connectivity index is 2.12. The fourth-order valence-corrected chi connectivity index (χ4v) is 3.30. The lowest BCUT2D eigenvalue weighted by Gasteiger charge is -2.31. The molecule has 0 amide bonds. The Bertz CT molecular complexity index is 1100. The molecule has 1 fully saturated rings. The zero-order chi connectivity index (χ0) is 22.8. The number of hydrogen-bond donors (Lipinski definition) is 1. The highest BCUT2D eigenvalue weighted by atomic mass is 19.4. The Morgan fingerprint density at radius 2 is 2.06 bits per heavy atom. The van der Waals surface area contributed by atoms with Crippen LogP contribution in [-0.2, 0) is 22.8 Å². The van der Waals surface area contributed by atoms with Gasteiger partial charge in [0.1, 0.15) is 0 Å². The van der Waals surface area contributed by atoms with Crippen molar-refractivity contribution in [3.05, 3.63) is 10.4 Å². The first kappa shape index (κ1) is 22.4. The van der Waals surface area contributed by atoms with Gasteiger partial charge in [-0.15, -0.1) is 5.92 Å². The molecule has 3 heterocycles. The highest BCUT2D eigenvalue weighted by Crippen LogP contribution is 2.24. The molecule has 0 radical (unpaired) electrons. The van der Waals surface area contributed by atoms with Crippen molar-refractivity contribution < 1.29 is 27.4 Å². The van der Waals surface area contributed by atoms with E-state index in [9.17, 15) is 22.8 Å². The lowest BCUT2D eigenvalue weighted by Crippen LogP contribution is -2.44. The number of nitrogens with two attached hydrogens (primary N) is 1. The second-order valence-electron chi connectivity index (χ2n) is 6.84. The van der Waals surface area contributed by atoms with Crippen LogP contribution >= 0.6 is 0 Å². The Labute approximate surface area is 174 Å². The molecule has 31 heavy (non-hydrogen) atoms. The molecule has 1 saturated heterocycles. The topological polar surface area (TPSA) is 118 Å². The third-order valence-electron chi connectivity index (χ3n) is 4.70. The van der Waals surface area contributed by atoms with Crippen molar-refractivity contribution in [1.29, 1.82) is 0 Å². The number of piperidine rings is 1. The van der Waals surface area contributed by atoms with Crippen LogP contribution in [0.5, 0.6) is 6.01 Å². The number of hydrogen-bond acceptors (Lipinski definition) is 8. The van der Waals surface area contributed by atoms with Gasteiger partial charge in [-0.2, -0.15) is 23.1 Å². The van der Waals surface area contributed by atoms with Crippen LogP contribution < -0.4 is 20.9 Å². The minimum Gasteiger partial charge on any atom is -0.468 e. The van der Waals surface area contributed by atoms with Gasteiger partial charge in [-0.3, -0.25) is 9.36 Å². The lowest BCUT2D eigenvalue weighted by molar-refractivity contribution is -0.203. The van der Waals surface area contributed by atoms with Gasteiger partial charge in [0.15, 0.2) is 17.9 Å². The SMILES string of the molecule is CC#CCn1c(N2CCCC(N)C2)nc2nc(OC)n(COC(=O)C(F)(F)F)c(=O)c21. The first-order valence-corrected chi connectivity index (χ1v) is 9.36. The fourth-order valence-electron chi connectivity index (χ4n) is 3.30. The van der Waals surface area contributed by atoms with Gasteiger partial charge in [-0.1, -0.05) is 5.92 Å². The maximum atomic E-state index is 13.1. The molecule has 0 aliphatic carbocycles. The van der Waals surface area contributed by atoms with Gasteiger partial charge in [0.05, 0.1) is 13.7 Å². The van der Waals surface area contributed by atoms with Gasteiger partial charge >= 0.3 is 18.2 Å². The van der Waals surface area contributed by atoms with Crippen LogP contribution in [-0.4, -0.2) is 57.5 Å². The number of nitrogens with zero attached hydrogens (tertiary/aromatic N) is 5. The van der Waals surface area contributed by atoms with Crippen LogP contribution in [0.2, 0.25) is 0 Å². The second-order valence-corrected chi connectivity index (χ2v) is 6.84. The smallest absolute Gasteiger partial charge is 0.468 e. The van der Waals surface area contributed by atoms with Crippen molar-refractivity contribution in [2.75, 3.05) is 25.1 Å². The van der Waals surface area contributed by atoms with Crippen molar-refractivity contribution >= 4 is 23.1 Å². The normalized spacial score (nSPS) is 16.7. The zero-order valence-corrected chi connectivity index (χ0v) is 16.9. The highest BCUT2D eigenvalue weighted by Gasteiger charge is 2.41. The van der Waals surface area contributed by atoms with E-state index in [2.05, 4.69) is 26.5 Å². The van der Waals surface area contributed by atoms with Gasteiger partial charge in [-0.05, 0) is 19.8 Å². The predicted molar refractivity (Wildman–Crippen MR) is 103 cm³/mol. The van der Waals surface area contributed by atoms with E-state index >= 15 is 0 Å². The zero-order valence-electron chi connectivity index (χ0n) is 16.9. The number of imidazole rings is 1. The average molecular weight is 442 g/mol. The van der Waals surface area contributed by atoms with E-state index in [1.165, 1.54) is 11.7 Å². The minimum atomic E-state index is -5.20. The summed E-state index contributed by atoms with van der Waals surface area (Å²) in [5.74, 6) is 3.57. The summed E-state index contributed by atoms with van der Waals surface area (Å²) < 4.78 is 48.9. The summed E-state index contributed by atoms with van der Waals surface area (Å²) in [5, 5.41) is 0. The number of methoxy groups -OCH3 is 1. The van der Waals surface area contributed by atoms with Gasteiger partial charge in [-0.25, -0.2) is 9.36 Å². The van der Waals surface area contributed by atoms with Crippen LogP contribution in [0.1, 0.15) is 19.8 Å². The monoisotopic (exact) mass is 442 g/mol. The van der Waals surface area contributed by atoms with Crippen LogP contribution in [0.25, 0.3) is 11.2 Å². The van der Waals surface area contributed by atoms with E-state index < -0.39 is 24.4 Å². The largest absolute Gasteiger partial charge is 0.490 e. The predicted octanol–water partition coefficient (Wildman–Crippen LogP) is 0.615. The molecule has 1 atom stereocenters. The first-order valence-electron chi connectivity index (χ1n) is 9.36. The summed E-state index contributed by atoms with van der Waals surface area (Å²) >= 11 is 0. The third-order valence-corrected chi connectivity index (χ3v) is 4.70. The fraction of sp³-hybridized carbons (Fsp3) is 0.556. The van der Waals surface area contributed by atoms with Gasteiger partial charge in [0.25, 0.3) is 5.56 Å². The van der Waals surface area contributed by atoms with Gasteiger partial charge < -0.3 is 20.1 Å². The van der Waals surface area contributed by atoms with Crippen LogP contribution in [0, 0.1) is 11.8 Å². The molecule has 1 aliphatic rings. The minimum absolute atomic E-state index is 0.000697. The third kappa shape index (κ3) is 4.58. The number of fused-ring (bicyclic) bond motifs is 1. The number of esters is 1. The van der Waals surface area contributed by atoms with Crippen molar-refractivity contribution in [2.24, 2.45) is 5.73 Å². The molecule has 1 unspecified atom stereocenters. The van der Waals surface area contributed by atoms with E-state index in [0.29, 0.717) is 23.6 Å². The number of carbonyl (C=O) groups is 1. The molecule has 2 aromatic heterocycles. The summed E-state index contributed by atoms with van der Waals surface area (Å²) in [6, 6.07) is -0.416. The molecule has 0 bridgehead atoms. The summed E-state index contributed by atoms with van der Waals surface area (Å²) in [6.45, 7) is 1.87. The van der Waals surface area contributed by atoms with Crippen molar-refractivity contribution in [1.82, 2.24) is 19.1 Å². The summed E-state index contributed by atoms with van der Waals surface area (Å²) in [6.07, 6.45) is -3.51. The molecule has 13 heteroatoms. The Kier molecular flexibility index (Phi) is 6.40. The molecule has 10 nitrogen and oxygen atoms in total. The molecule has 1 aliphatic heterocycles. The quantitative estimate of drug-likeness (QED) is 0.529. The molecular weight excluding hydrogens is 421 g/mol. The molecule has 3 rings (SSSR count). The molecule has 168 valence electrons. The Morgan fingerprint density at radius 3 is 2.68 bits per heavy atom. The molecule has 2 aromatic rings.